The molecule has 168 valence electrons. The summed E-state index contributed by atoms with van der Waals surface area (Å²) in [6, 6.07) is 6.86. The highest BCUT2D eigenvalue weighted by Gasteiger charge is 2.20. The third-order valence-electron chi connectivity index (χ3n) is 5.80. The van der Waals surface area contributed by atoms with Crippen LogP contribution >= 0.6 is 11.3 Å². The highest BCUT2D eigenvalue weighted by Crippen LogP contribution is 2.23. The molecule has 1 aromatic carbocycles. The molecule has 1 aliphatic rings. The van der Waals surface area contributed by atoms with Gasteiger partial charge in [0, 0.05) is 17.5 Å². The van der Waals surface area contributed by atoms with Crippen LogP contribution < -0.4 is 10.6 Å². The van der Waals surface area contributed by atoms with Gasteiger partial charge in [-0.3, -0.25) is 14.5 Å². The number of nitrogens with one attached hydrogen (secondary N) is 2. The van der Waals surface area contributed by atoms with Crippen LogP contribution in [0.5, 0.6) is 0 Å². The zero-order valence-electron chi connectivity index (χ0n) is 19.2. The standard InChI is InChI=1S/C24H34N4O2S/c1-16-10-12-28(13-11-16)14-20-15-31-23(26-20)27-21(29)17(2)25-22(30)18-6-8-19(9-7-18)24(3,4)5/h6-9,15-17H,10-14H2,1-5H3,(H,25,30)(H,26,27,29). The Morgan fingerprint density at radius 1 is 1.19 bits per heavy atom. The van der Waals surface area contributed by atoms with E-state index in [9.17, 15) is 9.59 Å². The molecular weight excluding hydrogens is 408 g/mol. The van der Waals surface area contributed by atoms with Gasteiger partial charge in [0.2, 0.25) is 5.91 Å². The fraction of sp³-hybridized carbons (Fsp3) is 0.542. The van der Waals surface area contributed by atoms with Crippen LogP contribution in [-0.4, -0.2) is 40.8 Å². The number of amides is 2. The number of anilines is 1. The van der Waals surface area contributed by atoms with E-state index in [0.29, 0.717) is 10.7 Å². The molecule has 31 heavy (non-hydrogen) atoms. The monoisotopic (exact) mass is 442 g/mol. The second-order valence-corrected chi connectivity index (χ2v) is 10.5. The molecule has 7 heteroatoms. The number of nitrogens with zero attached hydrogens (tertiary/aromatic N) is 2. The summed E-state index contributed by atoms with van der Waals surface area (Å²) >= 11 is 1.42. The van der Waals surface area contributed by atoms with E-state index in [1.165, 1.54) is 24.2 Å². The van der Waals surface area contributed by atoms with Crippen molar-refractivity contribution in [1.29, 1.82) is 0 Å². The van der Waals surface area contributed by atoms with E-state index in [0.717, 1.165) is 36.8 Å². The minimum Gasteiger partial charge on any atom is -0.341 e. The number of piperidine rings is 1. The Morgan fingerprint density at radius 2 is 1.84 bits per heavy atom. The van der Waals surface area contributed by atoms with Gasteiger partial charge < -0.3 is 10.6 Å². The van der Waals surface area contributed by atoms with Crippen molar-refractivity contribution < 1.29 is 9.59 Å². The van der Waals surface area contributed by atoms with Gasteiger partial charge in [-0.25, -0.2) is 4.98 Å². The molecule has 2 aromatic rings. The Kier molecular flexibility index (Phi) is 7.49. The predicted molar refractivity (Wildman–Crippen MR) is 126 cm³/mol. The topological polar surface area (TPSA) is 74.3 Å². The Balaban J connectivity index is 1.50. The van der Waals surface area contributed by atoms with Crippen molar-refractivity contribution in [3.05, 3.63) is 46.5 Å². The first-order chi connectivity index (χ1) is 14.6. The first-order valence-electron chi connectivity index (χ1n) is 11.0. The van der Waals surface area contributed by atoms with Gasteiger partial charge >= 0.3 is 0 Å². The average Bonchev–Trinajstić information content (AvgIpc) is 3.15. The Hall–Kier alpha value is -2.25. The van der Waals surface area contributed by atoms with Crippen molar-refractivity contribution in [3.8, 4) is 0 Å². The van der Waals surface area contributed by atoms with E-state index >= 15 is 0 Å². The Morgan fingerprint density at radius 3 is 2.45 bits per heavy atom. The van der Waals surface area contributed by atoms with Crippen molar-refractivity contribution in [2.75, 3.05) is 18.4 Å². The van der Waals surface area contributed by atoms with E-state index in [1.54, 1.807) is 19.1 Å². The Labute approximate surface area is 189 Å². The molecule has 1 aromatic heterocycles. The molecule has 0 saturated carbocycles. The summed E-state index contributed by atoms with van der Waals surface area (Å²) in [5.74, 6) is 0.268. The molecular formula is C24H34N4O2S. The van der Waals surface area contributed by atoms with Gasteiger partial charge in [0.15, 0.2) is 5.13 Å². The molecule has 2 N–H and O–H groups in total. The van der Waals surface area contributed by atoms with E-state index in [1.807, 2.05) is 17.5 Å². The summed E-state index contributed by atoms with van der Waals surface area (Å²) in [6.07, 6.45) is 2.45. The maximum absolute atomic E-state index is 12.5. The molecule has 2 heterocycles. The minimum absolute atomic E-state index is 0.0289. The minimum atomic E-state index is -0.661. The largest absolute Gasteiger partial charge is 0.341 e. The van der Waals surface area contributed by atoms with Crippen LogP contribution in [0.15, 0.2) is 29.6 Å². The summed E-state index contributed by atoms with van der Waals surface area (Å²) in [7, 11) is 0. The van der Waals surface area contributed by atoms with E-state index < -0.39 is 6.04 Å². The van der Waals surface area contributed by atoms with Gasteiger partial charge in [0.05, 0.1) is 5.69 Å². The van der Waals surface area contributed by atoms with Crippen LogP contribution in [0.25, 0.3) is 0 Å². The predicted octanol–water partition coefficient (Wildman–Crippen LogP) is 4.43. The summed E-state index contributed by atoms with van der Waals surface area (Å²) in [4.78, 5) is 32.0. The van der Waals surface area contributed by atoms with E-state index in [4.69, 9.17) is 0 Å². The number of carbonyl (C=O) groups excluding carboxylic acids is 2. The third-order valence-corrected chi connectivity index (χ3v) is 6.60. The van der Waals surface area contributed by atoms with Crippen molar-refractivity contribution >= 4 is 28.3 Å². The molecule has 0 bridgehead atoms. The maximum Gasteiger partial charge on any atom is 0.251 e. The summed E-state index contributed by atoms with van der Waals surface area (Å²) < 4.78 is 0. The van der Waals surface area contributed by atoms with Crippen LogP contribution in [-0.2, 0) is 16.8 Å². The lowest BCUT2D eigenvalue weighted by Crippen LogP contribution is -2.41. The molecule has 2 amide bonds. The molecule has 0 radical (unpaired) electrons. The van der Waals surface area contributed by atoms with Gasteiger partial charge in [-0.1, -0.05) is 39.8 Å². The fourth-order valence-electron chi connectivity index (χ4n) is 3.57. The maximum atomic E-state index is 12.5. The van der Waals surface area contributed by atoms with Crippen LogP contribution in [0.2, 0.25) is 0 Å². The van der Waals surface area contributed by atoms with Gasteiger partial charge in [0.25, 0.3) is 5.91 Å². The number of hydrogen-bond donors (Lipinski definition) is 2. The second kappa shape index (κ2) is 9.92. The molecule has 1 saturated heterocycles. The Bertz CT molecular complexity index is 893. The first-order valence-corrected chi connectivity index (χ1v) is 11.9. The van der Waals surface area contributed by atoms with Gasteiger partial charge in [0.1, 0.15) is 6.04 Å². The third kappa shape index (κ3) is 6.61. The smallest absolute Gasteiger partial charge is 0.251 e. The molecule has 6 nitrogen and oxygen atoms in total. The summed E-state index contributed by atoms with van der Waals surface area (Å²) in [5, 5.41) is 8.16. The zero-order chi connectivity index (χ0) is 22.6. The summed E-state index contributed by atoms with van der Waals surface area (Å²) in [6.45, 7) is 13.4. The molecule has 1 atom stereocenters. The molecule has 0 aliphatic carbocycles. The molecule has 3 rings (SSSR count). The number of likely N-dealkylation sites (tertiary alicyclic amines) is 1. The number of carbonyl (C=O) groups is 2. The normalized spacial score (nSPS) is 16.7. The van der Waals surface area contributed by atoms with Crippen molar-refractivity contribution in [2.24, 2.45) is 5.92 Å². The number of hydrogen-bond acceptors (Lipinski definition) is 5. The molecule has 1 unspecified atom stereocenters. The number of aromatic nitrogens is 1. The molecule has 1 fully saturated rings. The first kappa shape index (κ1) is 23.4. The highest BCUT2D eigenvalue weighted by molar-refractivity contribution is 7.13. The quantitative estimate of drug-likeness (QED) is 0.694. The van der Waals surface area contributed by atoms with Crippen LogP contribution in [0.1, 0.15) is 69.1 Å². The lowest BCUT2D eigenvalue weighted by atomic mass is 9.86. The summed E-state index contributed by atoms with van der Waals surface area (Å²) in [5.41, 5.74) is 2.71. The van der Waals surface area contributed by atoms with Gasteiger partial charge in [-0.15, -0.1) is 11.3 Å². The van der Waals surface area contributed by atoms with Crippen LogP contribution in [0.3, 0.4) is 0 Å². The van der Waals surface area contributed by atoms with Crippen molar-refractivity contribution in [2.45, 2.75) is 65.5 Å². The van der Waals surface area contributed by atoms with Gasteiger partial charge in [-0.2, -0.15) is 0 Å². The highest BCUT2D eigenvalue weighted by atomic mass is 32.1. The fourth-order valence-corrected chi connectivity index (χ4v) is 4.27. The molecule has 0 spiro atoms. The molecule has 1 aliphatic heterocycles. The second-order valence-electron chi connectivity index (χ2n) is 9.61. The van der Waals surface area contributed by atoms with Crippen molar-refractivity contribution in [1.82, 2.24) is 15.2 Å². The SMILES string of the molecule is CC1CCN(Cc2csc(NC(=O)C(C)NC(=O)c3ccc(C(C)(C)C)cc3)n2)CC1. The lowest BCUT2D eigenvalue weighted by molar-refractivity contribution is -0.117. The van der Waals surface area contributed by atoms with E-state index in [-0.39, 0.29) is 17.2 Å². The average molecular weight is 443 g/mol. The number of benzene rings is 1. The number of rotatable bonds is 6. The zero-order valence-corrected chi connectivity index (χ0v) is 20.0. The van der Waals surface area contributed by atoms with Crippen LogP contribution in [0, 0.1) is 5.92 Å². The number of thiazole rings is 1. The lowest BCUT2D eigenvalue weighted by Gasteiger charge is -2.29. The van der Waals surface area contributed by atoms with E-state index in [2.05, 4.69) is 48.2 Å². The van der Waals surface area contributed by atoms with Crippen molar-refractivity contribution in [3.63, 3.8) is 0 Å². The van der Waals surface area contributed by atoms with Gasteiger partial charge in [-0.05, 0) is 61.9 Å². The van der Waals surface area contributed by atoms with Crippen LogP contribution in [0.4, 0.5) is 5.13 Å².